The van der Waals surface area contributed by atoms with Crippen LogP contribution in [-0.4, -0.2) is 30.7 Å². The molecule has 0 spiro atoms. The first-order valence-electron chi connectivity index (χ1n) is 8.29. The molecule has 136 valence electrons. The van der Waals surface area contributed by atoms with Gasteiger partial charge in [0, 0.05) is 17.3 Å². The minimum absolute atomic E-state index is 0.0488. The lowest BCUT2D eigenvalue weighted by Gasteiger charge is -2.12. The van der Waals surface area contributed by atoms with E-state index in [0.29, 0.717) is 28.8 Å². The number of anilines is 1. The minimum Gasteiger partial charge on any atom is -0.483 e. The maximum Gasteiger partial charge on any atom is 0.262 e. The normalized spacial score (nSPS) is 10.3. The second-order valence-electron chi connectivity index (χ2n) is 6.15. The van der Waals surface area contributed by atoms with E-state index >= 15 is 0 Å². The summed E-state index contributed by atoms with van der Waals surface area (Å²) in [7, 11) is 0. The van der Waals surface area contributed by atoms with Crippen LogP contribution in [0.25, 0.3) is 0 Å². The number of carbonyl (C=O) groups is 3. The summed E-state index contributed by atoms with van der Waals surface area (Å²) in [5.74, 6) is -0.150. The van der Waals surface area contributed by atoms with Crippen molar-refractivity contribution in [1.82, 2.24) is 5.32 Å². The van der Waals surface area contributed by atoms with E-state index in [1.54, 1.807) is 42.5 Å². The number of hydrogen-bond donors (Lipinski definition) is 2. The van der Waals surface area contributed by atoms with Crippen LogP contribution >= 0.6 is 0 Å². The molecule has 6 heteroatoms. The second kappa shape index (κ2) is 8.80. The van der Waals surface area contributed by atoms with Crippen LogP contribution in [0.1, 0.15) is 40.1 Å². The highest BCUT2D eigenvalue weighted by molar-refractivity contribution is 5.97. The van der Waals surface area contributed by atoms with Gasteiger partial charge in [-0.05, 0) is 56.7 Å². The Kier molecular flexibility index (Phi) is 6.49. The summed E-state index contributed by atoms with van der Waals surface area (Å²) in [5.41, 5.74) is 2.28. The Hall–Kier alpha value is -3.15. The van der Waals surface area contributed by atoms with Gasteiger partial charge in [-0.15, -0.1) is 0 Å². The zero-order valence-electron chi connectivity index (χ0n) is 15.0. The van der Waals surface area contributed by atoms with Gasteiger partial charge in [0.1, 0.15) is 5.75 Å². The van der Waals surface area contributed by atoms with Crippen LogP contribution < -0.4 is 15.4 Å². The van der Waals surface area contributed by atoms with E-state index in [4.69, 9.17) is 4.74 Å². The first kappa shape index (κ1) is 19.2. The first-order valence-corrected chi connectivity index (χ1v) is 8.29. The second-order valence-corrected chi connectivity index (χ2v) is 6.15. The molecular weight excluding hydrogens is 332 g/mol. The molecule has 0 fully saturated rings. The Labute approximate surface area is 152 Å². The third kappa shape index (κ3) is 5.17. The molecule has 26 heavy (non-hydrogen) atoms. The highest BCUT2D eigenvalue weighted by Crippen LogP contribution is 2.17. The quantitative estimate of drug-likeness (QED) is 0.749. The van der Waals surface area contributed by atoms with Gasteiger partial charge in [0.25, 0.3) is 11.8 Å². The fourth-order valence-electron chi connectivity index (χ4n) is 2.39. The molecule has 0 radical (unpaired) electrons. The fourth-order valence-corrected chi connectivity index (χ4v) is 2.39. The van der Waals surface area contributed by atoms with Gasteiger partial charge in [0.05, 0.1) is 5.56 Å². The molecule has 0 aliphatic carbocycles. The highest BCUT2D eigenvalue weighted by Gasteiger charge is 2.12. The Morgan fingerprint density at radius 2 is 1.88 bits per heavy atom. The van der Waals surface area contributed by atoms with Gasteiger partial charge in [-0.1, -0.05) is 12.1 Å². The zero-order valence-corrected chi connectivity index (χ0v) is 15.0. The van der Waals surface area contributed by atoms with Crippen molar-refractivity contribution >= 4 is 23.8 Å². The number of aryl methyl sites for hydroxylation is 1. The van der Waals surface area contributed by atoms with Crippen molar-refractivity contribution in [3.05, 3.63) is 59.2 Å². The number of carbonyl (C=O) groups excluding carboxylic acids is 3. The number of aldehydes is 1. The number of ether oxygens (including phenoxy) is 1. The average Bonchev–Trinajstić information content (AvgIpc) is 2.59. The van der Waals surface area contributed by atoms with Gasteiger partial charge < -0.3 is 15.4 Å². The summed E-state index contributed by atoms with van der Waals surface area (Å²) in [6.45, 7) is 5.37. The number of para-hydroxylation sites is 1. The minimum atomic E-state index is -0.357. The summed E-state index contributed by atoms with van der Waals surface area (Å²) in [4.78, 5) is 35.1. The molecule has 0 saturated heterocycles. The molecule has 2 N–H and O–H groups in total. The van der Waals surface area contributed by atoms with Crippen LogP contribution in [0, 0.1) is 6.92 Å². The van der Waals surface area contributed by atoms with E-state index in [9.17, 15) is 14.4 Å². The summed E-state index contributed by atoms with van der Waals surface area (Å²) >= 11 is 0. The molecule has 0 bridgehead atoms. The molecule has 6 nitrogen and oxygen atoms in total. The van der Waals surface area contributed by atoms with Crippen molar-refractivity contribution in [3.63, 3.8) is 0 Å². The van der Waals surface area contributed by atoms with Gasteiger partial charge in [-0.3, -0.25) is 14.4 Å². The molecule has 0 heterocycles. The van der Waals surface area contributed by atoms with Crippen LogP contribution in [0.3, 0.4) is 0 Å². The average molecular weight is 354 g/mol. The molecular formula is C20H22N2O4. The zero-order chi connectivity index (χ0) is 19.1. The molecule has 2 aromatic carbocycles. The van der Waals surface area contributed by atoms with Gasteiger partial charge in [-0.25, -0.2) is 0 Å². The van der Waals surface area contributed by atoms with Crippen LogP contribution in [0.2, 0.25) is 0 Å². The number of benzene rings is 2. The van der Waals surface area contributed by atoms with Crippen molar-refractivity contribution in [2.24, 2.45) is 0 Å². The van der Waals surface area contributed by atoms with Crippen molar-refractivity contribution < 1.29 is 19.1 Å². The highest BCUT2D eigenvalue weighted by atomic mass is 16.5. The third-order valence-corrected chi connectivity index (χ3v) is 3.58. The van der Waals surface area contributed by atoms with Gasteiger partial charge in [0.15, 0.2) is 12.9 Å². The van der Waals surface area contributed by atoms with Crippen molar-refractivity contribution in [1.29, 1.82) is 0 Å². The first-order chi connectivity index (χ1) is 12.4. The van der Waals surface area contributed by atoms with Gasteiger partial charge in [-0.2, -0.15) is 0 Å². The van der Waals surface area contributed by atoms with E-state index in [0.717, 1.165) is 5.56 Å². The largest absolute Gasteiger partial charge is 0.483 e. The molecule has 0 aliphatic rings. The predicted molar refractivity (Wildman–Crippen MR) is 99.7 cm³/mol. The number of nitrogens with one attached hydrogen (secondary N) is 2. The summed E-state index contributed by atoms with van der Waals surface area (Å²) in [6.07, 6.45) is 0.678. The van der Waals surface area contributed by atoms with E-state index in [1.807, 2.05) is 20.8 Å². The summed E-state index contributed by atoms with van der Waals surface area (Å²) in [6, 6.07) is 11.8. The Morgan fingerprint density at radius 1 is 1.15 bits per heavy atom. The lowest BCUT2D eigenvalue weighted by molar-refractivity contribution is -0.118. The summed E-state index contributed by atoms with van der Waals surface area (Å²) < 4.78 is 5.39. The van der Waals surface area contributed by atoms with E-state index in [2.05, 4.69) is 10.6 Å². The van der Waals surface area contributed by atoms with Gasteiger partial charge in [0.2, 0.25) is 0 Å². The predicted octanol–water partition coefficient (Wildman–Crippen LogP) is 2.96. The molecule has 2 aromatic rings. The smallest absolute Gasteiger partial charge is 0.262 e. The Morgan fingerprint density at radius 3 is 2.54 bits per heavy atom. The Balaban J connectivity index is 1.98. The van der Waals surface area contributed by atoms with Gasteiger partial charge >= 0.3 is 0 Å². The standard InChI is InChI=1S/C20H22N2O4/c1-13(2)21-20(25)17-9-8-16(10-14(17)3)22-19(24)12-26-18-7-5-4-6-15(18)11-23/h4-11,13H,12H2,1-3H3,(H,21,25)(H,22,24). The van der Waals surface area contributed by atoms with Crippen LogP contribution in [0.5, 0.6) is 5.75 Å². The van der Waals surface area contributed by atoms with Crippen molar-refractivity contribution in [2.75, 3.05) is 11.9 Å². The van der Waals surface area contributed by atoms with Crippen LogP contribution in [0.4, 0.5) is 5.69 Å². The third-order valence-electron chi connectivity index (χ3n) is 3.58. The lowest BCUT2D eigenvalue weighted by atomic mass is 10.1. The molecule has 0 aliphatic heterocycles. The van der Waals surface area contributed by atoms with Crippen LogP contribution in [-0.2, 0) is 4.79 Å². The molecule has 0 saturated carbocycles. The molecule has 2 rings (SSSR count). The summed E-state index contributed by atoms with van der Waals surface area (Å²) in [5, 5.41) is 5.55. The van der Waals surface area contributed by atoms with Crippen LogP contribution in [0.15, 0.2) is 42.5 Å². The monoisotopic (exact) mass is 354 g/mol. The van der Waals surface area contributed by atoms with E-state index in [1.165, 1.54) is 0 Å². The van der Waals surface area contributed by atoms with E-state index in [-0.39, 0.29) is 24.5 Å². The SMILES string of the molecule is Cc1cc(NC(=O)COc2ccccc2C=O)ccc1C(=O)NC(C)C. The molecule has 0 aromatic heterocycles. The van der Waals surface area contributed by atoms with Crippen molar-refractivity contribution in [3.8, 4) is 5.75 Å². The molecule has 0 unspecified atom stereocenters. The topological polar surface area (TPSA) is 84.5 Å². The number of hydrogen-bond acceptors (Lipinski definition) is 4. The Bertz CT molecular complexity index is 815. The maximum atomic E-state index is 12.1. The molecule has 0 atom stereocenters. The molecule has 2 amide bonds. The number of amides is 2. The number of rotatable bonds is 7. The maximum absolute atomic E-state index is 12.1. The van der Waals surface area contributed by atoms with E-state index < -0.39 is 0 Å². The van der Waals surface area contributed by atoms with Crippen molar-refractivity contribution in [2.45, 2.75) is 26.8 Å². The fraction of sp³-hybridized carbons (Fsp3) is 0.250. The lowest BCUT2D eigenvalue weighted by Crippen LogP contribution is -2.30.